The zero-order valence-electron chi connectivity index (χ0n) is 9.74. The summed E-state index contributed by atoms with van der Waals surface area (Å²) in [5.74, 6) is 5.64. The number of hydrazine groups is 1. The molecule has 1 atom stereocenters. The molecule has 3 N–H and O–H groups in total. The van der Waals surface area contributed by atoms with Crippen LogP contribution in [0.5, 0.6) is 0 Å². The molecule has 0 aliphatic carbocycles. The third kappa shape index (κ3) is 3.45. The molecule has 2 rings (SSSR count). The van der Waals surface area contributed by atoms with Crippen LogP contribution < -0.4 is 11.3 Å². The van der Waals surface area contributed by atoms with Crippen LogP contribution in [-0.4, -0.2) is 0 Å². The molecule has 0 heterocycles. The van der Waals surface area contributed by atoms with E-state index in [0.717, 1.165) is 17.0 Å². The minimum atomic E-state index is 0.0266. The summed E-state index contributed by atoms with van der Waals surface area (Å²) in [6, 6.07) is 16.2. The minimum Gasteiger partial charge on any atom is -0.271 e. The van der Waals surface area contributed by atoms with Crippen molar-refractivity contribution in [2.24, 2.45) is 5.84 Å². The molecule has 0 saturated carbocycles. The van der Waals surface area contributed by atoms with Gasteiger partial charge in [0.15, 0.2) is 0 Å². The maximum absolute atomic E-state index is 6.19. The molecule has 0 saturated heterocycles. The van der Waals surface area contributed by atoms with E-state index in [-0.39, 0.29) is 6.04 Å². The number of benzene rings is 2. The summed E-state index contributed by atoms with van der Waals surface area (Å²) in [4.78, 5) is 0. The quantitative estimate of drug-likeness (QED) is 0.488. The molecule has 0 fully saturated rings. The Kier molecular flexibility index (Phi) is 5.00. The van der Waals surface area contributed by atoms with Crippen LogP contribution in [0.15, 0.2) is 48.5 Å². The largest absolute Gasteiger partial charge is 0.271 e. The number of nitrogens with one attached hydrogen (secondary N) is 1. The van der Waals surface area contributed by atoms with Gasteiger partial charge in [-0.15, -0.1) is 0 Å². The highest BCUT2D eigenvalue weighted by Gasteiger charge is 2.13. The van der Waals surface area contributed by atoms with Crippen molar-refractivity contribution in [2.45, 2.75) is 12.5 Å². The van der Waals surface area contributed by atoms with E-state index in [1.807, 2.05) is 24.3 Å². The van der Waals surface area contributed by atoms with Crippen LogP contribution in [-0.2, 0) is 6.42 Å². The second-order valence-electron chi connectivity index (χ2n) is 4.07. The van der Waals surface area contributed by atoms with E-state index in [2.05, 4.69) is 52.3 Å². The molecule has 0 radical (unpaired) electrons. The Morgan fingerprint density at radius 2 is 1.78 bits per heavy atom. The molecule has 0 bridgehead atoms. The minimum absolute atomic E-state index is 0.0266. The fraction of sp³-hybridized carbons (Fsp3) is 0.143. The van der Waals surface area contributed by atoms with Gasteiger partial charge in [0.25, 0.3) is 0 Å². The number of hydrogen-bond donors (Lipinski definition) is 2. The first-order valence-electron chi connectivity index (χ1n) is 5.65. The van der Waals surface area contributed by atoms with Crippen molar-refractivity contribution in [3.8, 4) is 0 Å². The molecule has 0 aliphatic heterocycles. The van der Waals surface area contributed by atoms with E-state index in [9.17, 15) is 0 Å². The van der Waals surface area contributed by atoms with Gasteiger partial charge in [0.05, 0.1) is 6.04 Å². The predicted molar refractivity (Wildman–Crippen MR) is 84.4 cm³/mol. The first-order chi connectivity index (χ1) is 8.70. The molecule has 0 spiro atoms. The second kappa shape index (κ2) is 6.52. The average Bonchev–Trinajstić information content (AvgIpc) is 2.39. The van der Waals surface area contributed by atoms with E-state index in [1.54, 1.807) is 0 Å². The van der Waals surface area contributed by atoms with Gasteiger partial charge in [-0.25, -0.2) is 0 Å². The topological polar surface area (TPSA) is 38.0 Å². The number of rotatable bonds is 4. The van der Waals surface area contributed by atoms with Crippen LogP contribution in [0.4, 0.5) is 0 Å². The molecule has 0 aliphatic rings. The van der Waals surface area contributed by atoms with Gasteiger partial charge in [-0.1, -0.05) is 41.9 Å². The van der Waals surface area contributed by atoms with Crippen LogP contribution in [0.1, 0.15) is 17.2 Å². The first-order valence-corrected chi connectivity index (χ1v) is 7.11. The molecule has 2 aromatic carbocycles. The van der Waals surface area contributed by atoms with E-state index >= 15 is 0 Å². The van der Waals surface area contributed by atoms with Gasteiger partial charge in [0.1, 0.15) is 0 Å². The Morgan fingerprint density at radius 1 is 1.11 bits per heavy atom. The molecule has 0 aromatic heterocycles. The molecule has 18 heavy (non-hydrogen) atoms. The first kappa shape index (κ1) is 13.8. The van der Waals surface area contributed by atoms with E-state index in [1.165, 1.54) is 9.13 Å². The number of halogens is 2. The zero-order chi connectivity index (χ0) is 13.0. The molecule has 4 heteroatoms. The van der Waals surface area contributed by atoms with Gasteiger partial charge >= 0.3 is 0 Å². The van der Waals surface area contributed by atoms with Crippen molar-refractivity contribution in [2.75, 3.05) is 0 Å². The van der Waals surface area contributed by atoms with Gasteiger partial charge in [-0.3, -0.25) is 11.3 Å². The lowest BCUT2D eigenvalue weighted by Gasteiger charge is -2.17. The summed E-state index contributed by atoms with van der Waals surface area (Å²) in [5.41, 5.74) is 5.10. The molecule has 0 amide bonds. The Labute approximate surface area is 126 Å². The van der Waals surface area contributed by atoms with Crippen molar-refractivity contribution in [3.63, 3.8) is 0 Å². The van der Waals surface area contributed by atoms with E-state index in [4.69, 9.17) is 17.4 Å². The van der Waals surface area contributed by atoms with Crippen LogP contribution in [0.3, 0.4) is 0 Å². The third-order valence-electron chi connectivity index (χ3n) is 2.83. The van der Waals surface area contributed by atoms with Gasteiger partial charge in [-0.05, 0) is 58.3 Å². The Hall–Kier alpha value is -0.620. The smallest absolute Gasteiger partial charge is 0.0515 e. The lowest BCUT2D eigenvalue weighted by molar-refractivity contribution is 0.552. The maximum atomic E-state index is 6.19. The van der Waals surface area contributed by atoms with Crippen molar-refractivity contribution in [1.29, 1.82) is 0 Å². The van der Waals surface area contributed by atoms with Crippen LogP contribution in [0.2, 0.25) is 5.02 Å². The Bertz CT molecular complexity index is 513. The maximum Gasteiger partial charge on any atom is 0.0515 e. The van der Waals surface area contributed by atoms with Crippen LogP contribution in [0.25, 0.3) is 0 Å². The van der Waals surface area contributed by atoms with Gasteiger partial charge in [0, 0.05) is 8.59 Å². The number of nitrogens with two attached hydrogens (primary N) is 1. The van der Waals surface area contributed by atoms with Crippen molar-refractivity contribution >= 4 is 34.2 Å². The lowest BCUT2D eigenvalue weighted by Crippen LogP contribution is -2.29. The molecule has 2 nitrogen and oxygen atoms in total. The SMILES string of the molecule is NNC(Cc1ccc(I)cc1)c1ccccc1Cl. The molecular weight excluding hydrogens is 359 g/mol. The van der Waals surface area contributed by atoms with Gasteiger partial charge in [0.2, 0.25) is 0 Å². The summed E-state index contributed by atoms with van der Waals surface area (Å²) in [7, 11) is 0. The average molecular weight is 373 g/mol. The summed E-state index contributed by atoms with van der Waals surface area (Å²) in [5, 5.41) is 0.742. The fourth-order valence-electron chi connectivity index (χ4n) is 1.87. The van der Waals surface area contributed by atoms with Crippen molar-refractivity contribution in [3.05, 3.63) is 68.3 Å². The molecular formula is C14H14ClIN2. The monoisotopic (exact) mass is 372 g/mol. The van der Waals surface area contributed by atoms with Gasteiger partial charge in [-0.2, -0.15) is 0 Å². The Balaban J connectivity index is 2.20. The van der Waals surface area contributed by atoms with E-state index < -0.39 is 0 Å². The summed E-state index contributed by atoms with van der Waals surface area (Å²) in [6.07, 6.45) is 0.817. The van der Waals surface area contributed by atoms with Crippen LogP contribution in [0, 0.1) is 3.57 Å². The molecule has 1 unspecified atom stereocenters. The van der Waals surface area contributed by atoms with E-state index in [0.29, 0.717) is 0 Å². The lowest BCUT2D eigenvalue weighted by atomic mass is 9.99. The zero-order valence-corrected chi connectivity index (χ0v) is 12.6. The van der Waals surface area contributed by atoms with Crippen molar-refractivity contribution < 1.29 is 0 Å². The highest BCUT2D eigenvalue weighted by Crippen LogP contribution is 2.25. The summed E-state index contributed by atoms with van der Waals surface area (Å²) < 4.78 is 1.23. The standard InChI is InChI=1S/C14H14ClIN2/c15-13-4-2-1-3-12(13)14(18-17)9-10-5-7-11(16)8-6-10/h1-8,14,18H,9,17H2. The number of hydrogen-bond acceptors (Lipinski definition) is 2. The third-order valence-corrected chi connectivity index (χ3v) is 3.90. The normalized spacial score (nSPS) is 12.4. The van der Waals surface area contributed by atoms with Crippen LogP contribution >= 0.6 is 34.2 Å². The summed E-state index contributed by atoms with van der Waals surface area (Å²) in [6.45, 7) is 0. The van der Waals surface area contributed by atoms with Crippen molar-refractivity contribution in [1.82, 2.24) is 5.43 Å². The highest BCUT2D eigenvalue weighted by atomic mass is 127. The second-order valence-corrected chi connectivity index (χ2v) is 5.72. The molecule has 2 aromatic rings. The highest BCUT2D eigenvalue weighted by molar-refractivity contribution is 14.1. The Morgan fingerprint density at radius 3 is 2.39 bits per heavy atom. The van der Waals surface area contributed by atoms with Gasteiger partial charge < -0.3 is 0 Å². The fourth-order valence-corrected chi connectivity index (χ4v) is 2.50. The predicted octanol–water partition coefficient (Wildman–Crippen LogP) is 3.69. The summed E-state index contributed by atoms with van der Waals surface area (Å²) >= 11 is 8.49. The molecule has 94 valence electrons.